The Hall–Kier alpha value is -2.47. The molecule has 138 valence electrons. The Kier molecular flexibility index (Phi) is 7.09. The minimum atomic E-state index is -1.06. The Balaban J connectivity index is 2.07. The first-order valence-electron chi connectivity index (χ1n) is 8.42. The first-order chi connectivity index (χ1) is 12.4. The molecule has 2 aromatic rings. The van der Waals surface area contributed by atoms with Gasteiger partial charge in [0, 0.05) is 21.4 Å². The lowest BCUT2D eigenvalue weighted by Gasteiger charge is -2.13. The predicted molar refractivity (Wildman–Crippen MR) is 104 cm³/mol. The van der Waals surface area contributed by atoms with Crippen LogP contribution in [0.15, 0.2) is 47.4 Å². The van der Waals surface area contributed by atoms with Gasteiger partial charge in [0.25, 0.3) is 5.91 Å². The summed E-state index contributed by atoms with van der Waals surface area (Å²) < 4.78 is 5.11. The molecule has 1 atom stereocenters. The second kappa shape index (κ2) is 9.29. The lowest BCUT2D eigenvalue weighted by molar-refractivity contribution is -0.139. The van der Waals surface area contributed by atoms with Crippen LogP contribution < -0.4 is 10.1 Å². The highest BCUT2D eigenvalue weighted by Gasteiger charge is 2.11. The fraction of sp³-hybridized carbons (Fsp3) is 0.300. The summed E-state index contributed by atoms with van der Waals surface area (Å²) in [5, 5.41) is 12.1. The number of ether oxygens (including phenoxy) is 1. The normalized spacial score (nSPS) is 11.7. The first-order valence-corrected chi connectivity index (χ1v) is 9.30. The van der Waals surface area contributed by atoms with Crippen LogP contribution in [-0.4, -0.2) is 28.8 Å². The fourth-order valence-corrected chi connectivity index (χ4v) is 3.25. The van der Waals surface area contributed by atoms with E-state index in [0.29, 0.717) is 16.6 Å². The largest absolute Gasteiger partial charge is 0.482 e. The molecule has 26 heavy (non-hydrogen) atoms. The van der Waals surface area contributed by atoms with Gasteiger partial charge in [-0.3, -0.25) is 4.79 Å². The van der Waals surface area contributed by atoms with Crippen LogP contribution in [0.1, 0.15) is 36.2 Å². The molecule has 0 radical (unpaired) electrons. The molecule has 0 spiro atoms. The number of hydrogen-bond acceptors (Lipinski definition) is 4. The number of benzene rings is 2. The molecule has 6 heteroatoms. The van der Waals surface area contributed by atoms with Gasteiger partial charge in [-0.1, -0.05) is 19.9 Å². The van der Waals surface area contributed by atoms with Crippen molar-refractivity contribution in [2.75, 3.05) is 11.9 Å². The topological polar surface area (TPSA) is 75.6 Å². The standard InChI is InChI=1S/C20H23NO4S/c1-4-14(3)26-17-8-9-18(13(2)10-17)21-20(24)15-6-5-7-16(11-15)25-12-19(22)23/h5-11,14H,4,12H2,1-3H3,(H,21,24)(H,22,23). The molecule has 0 heterocycles. The number of rotatable bonds is 8. The number of amides is 1. The number of anilines is 1. The minimum absolute atomic E-state index is 0.267. The van der Waals surface area contributed by atoms with Crippen LogP contribution in [0.4, 0.5) is 5.69 Å². The monoisotopic (exact) mass is 373 g/mol. The van der Waals surface area contributed by atoms with Crippen LogP contribution in [-0.2, 0) is 4.79 Å². The number of carbonyl (C=O) groups is 2. The molecule has 5 nitrogen and oxygen atoms in total. The van der Waals surface area contributed by atoms with Crippen molar-refractivity contribution in [3.8, 4) is 5.75 Å². The summed E-state index contributed by atoms with van der Waals surface area (Å²) in [7, 11) is 0. The number of nitrogens with one attached hydrogen (secondary N) is 1. The Morgan fingerprint density at radius 3 is 2.65 bits per heavy atom. The van der Waals surface area contributed by atoms with Crippen molar-refractivity contribution in [3.63, 3.8) is 0 Å². The lowest BCUT2D eigenvalue weighted by Crippen LogP contribution is -2.14. The van der Waals surface area contributed by atoms with Crippen molar-refractivity contribution in [2.45, 2.75) is 37.3 Å². The SMILES string of the molecule is CCC(C)Sc1ccc(NC(=O)c2cccc(OCC(=O)O)c2)c(C)c1. The zero-order valence-electron chi connectivity index (χ0n) is 15.1. The zero-order chi connectivity index (χ0) is 19.1. The van der Waals surface area contributed by atoms with Gasteiger partial charge in [0.2, 0.25) is 0 Å². The third-order valence-electron chi connectivity index (χ3n) is 3.82. The van der Waals surface area contributed by atoms with E-state index in [1.165, 1.54) is 11.0 Å². The van der Waals surface area contributed by atoms with Crippen molar-refractivity contribution < 1.29 is 19.4 Å². The van der Waals surface area contributed by atoms with Gasteiger partial charge in [0.1, 0.15) is 5.75 Å². The van der Waals surface area contributed by atoms with Gasteiger partial charge >= 0.3 is 5.97 Å². The molecule has 1 amide bonds. The molecule has 0 aliphatic rings. The van der Waals surface area contributed by atoms with E-state index in [0.717, 1.165) is 17.7 Å². The highest BCUT2D eigenvalue weighted by atomic mass is 32.2. The summed E-state index contributed by atoms with van der Waals surface area (Å²) in [6, 6.07) is 12.4. The predicted octanol–water partition coefficient (Wildman–Crippen LogP) is 4.60. The molecule has 2 N–H and O–H groups in total. The summed E-state index contributed by atoms with van der Waals surface area (Å²) >= 11 is 1.81. The molecule has 0 fully saturated rings. The summed E-state index contributed by atoms with van der Waals surface area (Å²) in [5.41, 5.74) is 2.15. The maximum atomic E-state index is 12.5. The van der Waals surface area contributed by atoms with E-state index in [1.54, 1.807) is 18.2 Å². The van der Waals surface area contributed by atoms with Crippen LogP contribution >= 0.6 is 11.8 Å². The third kappa shape index (κ3) is 5.81. The van der Waals surface area contributed by atoms with Crippen molar-refractivity contribution >= 4 is 29.3 Å². The lowest BCUT2D eigenvalue weighted by atomic mass is 10.1. The summed E-state index contributed by atoms with van der Waals surface area (Å²) in [5.74, 6) is -0.987. The number of carboxylic acids is 1. The molecular formula is C20H23NO4S. The smallest absolute Gasteiger partial charge is 0.341 e. The number of carboxylic acid groups (broad SMARTS) is 1. The van der Waals surface area contributed by atoms with Crippen molar-refractivity contribution in [1.82, 2.24) is 0 Å². The summed E-state index contributed by atoms with van der Waals surface area (Å²) in [6.07, 6.45) is 1.10. The van der Waals surface area contributed by atoms with Gasteiger partial charge < -0.3 is 15.2 Å². The van der Waals surface area contributed by atoms with E-state index in [9.17, 15) is 9.59 Å². The molecule has 2 rings (SSSR count). The summed E-state index contributed by atoms with van der Waals surface area (Å²) in [4.78, 5) is 24.2. The second-order valence-electron chi connectivity index (χ2n) is 5.98. The Morgan fingerprint density at radius 1 is 1.23 bits per heavy atom. The highest BCUT2D eigenvalue weighted by molar-refractivity contribution is 7.99. The van der Waals surface area contributed by atoms with Gasteiger partial charge in [-0.2, -0.15) is 0 Å². The van der Waals surface area contributed by atoms with Crippen molar-refractivity contribution in [2.24, 2.45) is 0 Å². The molecule has 0 aromatic heterocycles. The maximum Gasteiger partial charge on any atom is 0.341 e. The number of aryl methyl sites for hydroxylation is 1. The van der Waals surface area contributed by atoms with Crippen LogP contribution in [0.5, 0.6) is 5.75 Å². The molecule has 0 saturated carbocycles. The van der Waals surface area contributed by atoms with E-state index in [-0.39, 0.29) is 5.91 Å². The highest BCUT2D eigenvalue weighted by Crippen LogP contribution is 2.28. The van der Waals surface area contributed by atoms with Crippen LogP contribution in [0, 0.1) is 6.92 Å². The van der Waals surface area contributed by atoms with Crippen LogP contribution in [0.3, 0.4) is 0 Å². The molecule has 0 aliphatic heterocycles. The van der Waals surface area contributed by atoms with E-state index in [1.807, 2.05) is 30.8 Å². The maximum absolute atomic E-state index is 12.5. The van der Waals surface area contributed by atoms with E-state index >= 15 is 0 Å². The second-order valence-corrected chi connectivity index (χ2v) is 7.49. The van der Waals surface area contributed by atoms with E-state index in [4.69, 9.17) is 9.84 Å². The van der Waals surface area contributed by atoms with Crippen LogP contribution in [0.2, 0.25) is 0 Å². The number of aliphatic carboxylic acids is 1. The van der Waals surface area contributed by atoms with Gasteiger partial charge in [0.15, 0.2) is 6.61 Å². The number of carbonyl (C=O) groups excluding carboxylic acids is 1. The molecule has 1 unspecified atom stereocenters. The average molecular weight is 373 g/mol. The Labute approximate surface area is 157 Å². The Bertz CT molecular complexity index is 791. The van der Waals surface area contributed by atoms with E-state index in [2.05, 4.69) is 25.2 Å². The van der Waals surface area contributed by atoms with Gasteiger partial charge in [0.05, 0.1) is 0 Å². The van der Waals surface area contributed by atoms with Crippen LogP contribution in [0.25, 0.3) is 0 Å². The van der Waals surface area contributed by atoms with E-state index < -0.39 is 12.6 Å². The van der Waals surface area contributed by atoms with Gasteiger partial charge in [-0.25, -0.2) is 4.79 Å². The van der Waals surface area contributed by atoms with Gasteiger partial charge in [-0.15, -0.1) is 11.8 Å². The zero-order valence-corrected chi connectivity index (χ0v) is 15.9. The number of hydrogen-bond donors (Lipinski definition) is 2. The third-order valence-corrected chi connectivity index (χ3v) is 5.08. The average Bonchev–Trinajstić information content (AvgIpc) is 2.62. The molecule has 0 bridgehead atoms. The quantitative estimate of drug-likeness (QED) is 0.661. The Morgan fingerprint density at radius 2 is 2.00 bits per heavy atom. The minimum Gasteiger partial charge on any atom is -0.482 e. The van der Waals surface area contributed by atoms with Gasteiger partial charge in [-0.05, 0) is 55.3 Å². The molecule has 2 aromatic carbocycles. The summed E-state index contributed by atoms with van der Waals surface area (Å²) in [6.45, 7) is 5.87. The molecular weight excluding hydrogens is 350 g/mol. The first kappa shape index (κ1) is 19.8. The van der Waals surface area contributed by atoms with Crippen molar-refractivity contribution in [3.05, 3.63) is 53.6 Å². The fourth-order valence-electron chi connectivity index (χ4n) is 2.23. The molecule has 0 saturated heterocycles. The number of thioether (sulfide) groups is 1. The molecule has 0 aliphatic carbocycles. The van der Waals surface area contributed by atoms with Crippen molar-refractivity contribution in [1.29, 1.82) is 0 Å².